The van der Waals surface area contributed by atoms with Gasteiger partial charge in [-0.15, -0.1) is 0 Å². The second-order valence-corrected chi connectivity index (χ2v) is 9.65. The van der Waals surface area contributed by atoms with E-state index in [-0.39, 0.29) is 0 Å². The Morgan fingerprint density at radius 1 is 0.771 bits per heavy atom. The number of hydrogen-bond donors (Lipinski definition) is 1. The molecule has 0 spiro atoms. The molecule has 1 heterocycles. The molecule has 5 rings (SSSR count). The van der Waals surface area contributed by atoms with E-state index in [1.54, 1.807) is 18.4 Å². The molecule has 0 fully saturated rings. The molecular formula is C29H22BrN3OS. The quantitative estimate of drug-likeness (QED) is 0.168. The molecule has 4 aromatic carbocycles. The molecule has 4 nitrogen and oxygen atoms in total. The Labute approximate surface area is 217 Å². The van der Waals surface area contributed by atoms with E-state index in [2.05, 4.69) is 45.6 Å². The number of nitrogens with one attached hydrogen (secondary N) is 1. The fourth-order valence-corrected chi connectivity index (χ4v) is 4.90. The van der Waals surface area contributed by atoms with E-state index in [4.69, 9.17) is 14.8 Å². The summed E-state index contributed by atoms with van der Waals surface area (Å²) in [5, 5.41) is 5.55. The SMILES string of the molecule is COc1ccc(/C(=N\Nc2nc(-c3ccccc3)c(-c3ccccc3)s2)c2ccc(Br)cc2)cc1. The van der Waals surface area contributed by atoms with Gasteiger partial charge in [-0.3, -0.25) is 5.43 Å². The first-order chi connectivity index (χ1) is 17.2. The molecule has 0 saturated heterocycles. The lowest BCUT2D eigenvalue weighted by Gasteiger charge is -2.09. The Kier molecular flexibility index (Phi) is 7.02. The van der Waals surface area contributed by atoms with E-state index < -0.39 is 0 Å². The van der Waals surface area contributed by atoms with Gasteiger partial charge in [0.25, 0.3) is 0 Å². The van der Waals surface area contributed by atoms with Crippen LogP contribution in [0.5, 0.6) is 5.75 Å². The molecular weight excluding hydrogens is 518 g/mol. The zero-order valence-corrected chi connectivity index (χ0v) is 21.4. The fourth-order valence-electron chi connectivity index (χ4n) is 3.70. The third-order valence-electron chi connectivity index (χ3n) is 5.45. The fraction of sp³-hybridized carbons (Fsp3) is 0.0345. The summed E-state index contributed by atoms with van der Waals surface area (Å²) in [5.41, 5.74) is 9.17. The number of benzene rings is 4. The lowest BCUT2D eigenvalue weighted by molar-refractivity contribution is 0.415. The van der Waals surface area contributed by atoms with Gasteiger partial charge in [0.2, 0.25) is 5.13 Å². The summed E-state index contributed by atoms with van der Waals surface area (Å²) in [5.74, 6) is 0.803. The van der Waals surface area contributed by atoms with Crippen molar-refractivity contribution < 1.29 is 4.74 Å². The summed E-state index contributed by atoms with van der Waals surface area (Å²) in [6, 6.07) is 36.6. The average Bonchev–Trinajstić information content (AvgIpc) is 3.35. The van der Waals surface area contributed by atoms with E-state index in [9.17, 15) is 0 Å². The molecule has 0 aliphatic carbocycles. The first-order valence-corrected chi connectivity index (χ1v) is 12.7. The first kappa shape index (κ1) is 23.0. The number of methoxy groups -OCH3 is 1. The molecule has 1 N–H and O–H groups in total. The van der Waals surface area contributed by atoms with Crippen molar-refractivity contribution in [2.24, 2.45) is 5.10 Å². The maximum atomic E-state index is 5.33. The Morgan fingerprint density at radius 2 is 1.34 bits per heavy atom. The van der Waals surface area contributed by atoms with Crippen LogP contribution in [0.4, 0.5) is 5.13 Å². The minimum atomic E-state index is 0.728. The van der Waals surface area contributed by atoms with Crippen LogP contribution in [0.15, 0.2) is 119 Å². The van der Waals surface area contributed by atoms with Crippen molar-refractivity contribution in [3.8, 4) is 27.4 Å². The maximum absolute atomic E-state index is 5.33. The van der Waals surface area contributed by atoms with Crippen LogP contribution in [0.3, 0.4) is 0 Å². The number of ether oxygens (including phenoxy) is 1. The van der Waals surface area contributed by atoms with Crippen LogP contribution >= 0.6 is 27.3 Å². The van der Waals surface area contributed by atoms with Gasteiger partial charge >= 0.3 is 0 Å². The second-order valence-electron chi connectivity index (χ2n) is 7.74. The number of halogens is 1. The zero-order valence-electron chi connectivity index (χ0n) is 19.0. The smallest absolute Gasteiger partial charge is 0.204 e. The van der Waals surface area contributed by atoms with E-state index >= 15 is 0 Å². The van der Waals surface area contributed by atoms with Crippen molar-refractivity contribution in [2.45, 2.75) is 0 Å². The minimum absolute atomic E-state index is 0.728. The molecule has 0 atom stereocenters. The molecule has 1 aromatic heterocycles. The number of anilines is 1. The average molecular weight is 540 g/mol. The van der Waals surface area contributed by atoms with Gasteiger partial charge in [0.1, 0.15) is 5.75 Å². The zero-order chi connectivity index (χ0) is 24.0. The van der Waals surface area contributed by atoms with Gasteiger partial charge < -0.3 is 4.74 Å². The topological polar surface area (TPSA) is 46.5 Å². The highest BCUT2D eigenvalue weighted by Gasteiger charge is 2.15. The molecule has 6 heteroatoms. The number of nitrogens with zero attached hydrogens (tertiary/aromatic N) is 2. The van der Waals surface area contributed by atoms with Crippen LogP contribution in [0.25, 0.3) is 21.7 Å². The van der Waals surface area contributed by atoms with Crippen molar-refractivity contribution in [2.75, 3.05) is 12.5 Å². The predicted octanol–water partition coefficient (Wildman–Crippen LogP) is 8.11. The van der Waals surface area contributed by atoms with Crippen LogP contribution < -0.4 is 10.2 Å². The summed E-state index contributed by atoms with van der Waals surface area (Å²) in [4.78, 5) is 6.03. The van der Waals surface area contributed by atoms with Crippen LogP contribution in [0, 0.1) is 0 Å². The summed E-state index contributed by atoms with van der Waals surface area (Å²) in [7, 11) is 1.66. The number of thiazole rings is 1. The Balaban J connectivity index is 1.55. The molecule has 0 saturated carbocycles. The molecule has 0 unspecified atom stereocenters. The van der Waals surface area contributed by atoms with Gasteiger partial charge in [0, 0.05) is 21.2 Å². The maximum Gasteiger partial charge on any atom is 0.204 e. The lowest BCUT2D eigenvalue weighted by Crippen LogP contribution is -2.06. The highest BCUT2D eigenvalue weighted by molar-refractivity contribution is 9.10. The number of rotatable bonds is 7. The number of hydrazone groups is 1. The molecule has 0 radical (unpaired) electrons. The monoisotopic (exact) mass is 539 g/mol. The summed E-state index contributed by atoms with van der Waals surface area (Å²) in [6.45, 7) is 0. The van der Waals surface area contributed by atoms with Crippen molar-refractivity contribution in [3.63, 3.8) is 0 Å². The van der Waals surface area contributed by atoms with Gasteiger partial charge in [-0.25, -0.2) is 4.98 Å². The van der Waals surface area contributed by atoms with Crippen molar-refractivity contribution in [3.05, 3.63) is 125 Å². The highest BCUT2D eigenvalue weighted by Crippen LogP contribution is 2.39. The molecule has 0 bridgehead atoms. The molecule has 35 heavy (non-hydrogen) atoms. The van der Waals surface area contributed by atoms with Gasteiger partial charge in [-0.1, -0.05) is 100 Å². The Bertz CT molecular complexity index is 1370. The number of hydrogen-bond acceptors (Lipinski definition) is 5. The van der Waals surface area contributed by atoms with E-state index in [1.807, 2.05) is 84.9 Å². The molecule has 5 aromatic rings. The summed E-state index contributed by atoms with van der Waals surface area (Å²) < 4.78 is 6.35. The van der Waals surface area contributed by atoms with Crippen LogP contribution in [0.1, 0.15) is 11.1 Å². The standard InChI is InChI=1S/C29H22BrN3OS/c1-34-25-18-14-22(15-19-25)26(21-12-16-24(30)17-13-21)32-33-29-31-27(20-8-4-2-5-9-20)28(35-29)23-10-6-3-7-11-23/h2-19H,1H3,(H,31,33)/b32-26-. The number of aromatic nitrogens is 1. The predicted molar refractivity (Wildman–Crippen MR) is 149 cm³/mol. The van der Waals surface area contributed by atoms with Crippen molar-refractivity contribution in [1.82, 2.24) is 4.98 Å². The normalized spacial score (nSPS) is 11.3. The van der Waals surface area contributed by atoms with Gasteiger partial charge in [-0.2, -0.15) is 5.10 Å². The molecule has 172 valence electrons. The third-order valence-corrected chi connectivity index (χ3v) is 6.99. The second kappa shape index (κ2) is 10.7. The summed E-state index contributed by atoms with van der Waals surface area (Å²) in [6.07, 6.45) is 0. The van der Waals surface area contributed by atoms with Crippen LogP contribution in [-0.4, -0.2) is 17.8 Å². The minimum Gasteiger partial charge on any atom is -0.497 e. The van der Waals surface area contributed by atoms with Crippen LogP contribution in [-0.2, 0) is 0 Å². The third kappa shape index (κ3) is 5.34. The lowest BCUT2D eigenvalue weighted by atomic mass is 10.0. The van der Waals surface area contributed by atoms with Crippen molar-refractivity contribution >= 4 is 38.1 Å². The largest absolute Gasteiger partial charge is 0.497 e. The van der Waals surface area contributed by atoms with Crippen LogP contribution in [0.2, 0.25) is 0 Å². The molecule has 0 amide bonds. The highest BCUT2D eigenvalue weighted by atomic mass is 79.9. The Hall–Kier alpha value is -3.74. The van der Waals surface area contributed by atoms with E-state index in [0.29, 0.717) is 0 Å². The van der Waals surface area contributed by atoms with E-state index in [0.717, 1.165) is 53.9 Å². The van der Waals surface area contributed by atoms with Gasteiger partial charge in [-0.05, 0) is 42.0 Å². The van der Waals surface area contributed by atoms with E-state index in [1.165, 1.54) is 0 Å². The molecule has 0 aliphatic rings. The summed E-state index contributed by atoms with van der Waals surface area (Å²) >= 11 is 5.11. The first-order valence-electron chi connectivity index (χ1n) is 11.1. The van der Waals surface area contributed by atoms with Gasteiger partial charge in [0.05, 0.1) is 23.4 Å². The van der Waals surface area contributed by atoms with Crippen molar-refractivity contribution in [1.29, 1.82) is 0 Å². The Morgan fingerprint density at radius 3 is 1.94 bits per heavy atom. The van der Waals surface area contributed by atoms with Gasteiger partial charge in [0.15, 0.2) is 0 Å². The molecule has 0 aliphatic heterocycles.